The molecule has 16 heavy (non-hydrogen) atoms. The standard InChI is InChI=1S/C13H19NOS/c1-4-14-13-9(2)8-16-12-7-10(15-3)5-6-11(12)13/h5-7,9,13-14H,4,8H2,1-3H3. The van der Waals surface area contributed by atoms with Crippen LogP contribution in [0.25, 0.3) is 0 Å². The SMILES string of the molecule is CCNC1c2ccc(OC)cc2SCC1C. The van der Waals surface area contributed by atoms with Gasteiger partial charge in [0.2, 0.25) is 0 Å². The number of ether oxygens (including phenoxy) is 1. The summed E-state index contributed by atoms with van der Waals surface area (Å²) < 4.78 is 5.27. The Morgan fingerprint density at radius 3 is 3.00 bits per heavy atom. The molecule has 1 aliphatic rings. The number of hydrogen-bond donors (Lipinski definition) is 1. The van der Waals surface area contributed by atoms with E-state index in [2.05, 4.69) is 37.4 Å². The van der Waals surface area contributed by atoms with Crippen molar-refractivity contribution in [1.29, 1.82) is 0 Å². The first kappa shape index (κ1) is 11.8. The summed E-state index contributed by atoms with van der Waals surface area (Å²) in [4.78, 5) is 1.36. The van der Waals surface area contributed by atoms with E-state index < -0.39 is 0 Å². The topological polar surface area (TPSA) is 21.3 Å². The van der Waals surface area contributed by atoms with Gasteiger partial charge in [0.25, 0.3) is 0 Å². The van der Waals surface area contributed by atoms with Crippen molar-refractivity contribution in [2.24, 2.45) is 5.92 Å². The zero-order chi connectivity index (χ0) is 11.5. The fourth-order valence-corrected chi connectivity index (χ4v) is 3.37. The summed E-state index contributed by atoms with van der Waals surface area (Å²) in [5.74, 6) is 2.82. The van der Waals surface area contributed by atoms with Crippen molar-refractivity contribution >= 4 is 11.8 Å². The summed E-state index contributed by atoms with van der Waals surface area (Å²) in [7, 11) is 1.72. The maximum atomic E-state index is 5.27. The smallest absolute Gasteiger partial charge is 0.119 e. The molecule has 88 valence electrons. The van der Waals surface area contributed by atoms with E-state index in [0.29, 0.717) is 12.0 Å². The minimum atomic E-state index is 0.493. The van der Waals surface area contributed by atoms with E-state index in [1.165, 1.54) is 16.2 Å². The molecular weight excluding hydrogens is 218 g/mol. The summed E-state index contributed by atoms with van der Waals surface area (Å²) in [5.41, 5.74) is 1.42. The number of hydrogen-bond acceptors (Lipinski definition) is 3. The first-order chi connectivity index (χ1) is 7.76. The zero-order valence-corrected chi connectivity index (χ0v) is 10.9. The number of thioether (sulfide) groups is 1. The van der Waals surface area contributed by atoms with Crippen molar-refractivity contribution < 1.29 is 4.74 Å². The molecule has 0 bridgehead atoms. The Bertz CT molecular complexity index is 367. The van der Waals surface area contributed by atoms with Crippen LogP contribution in [0.4, 0.5) is 0 Å². The molecule has 2 unspecified atom stereocenters. The molecule has 0 amide bonds. The van der Waals surface area contributed by atoms with Gasteiger partial charge in [-0.3, -0.25) is 0 Å². The van der Waals surface area contributed by atoms with E-state index in [0.717, 1.165) is 12.3 Å². The van der Waals surface area contributed by atoms with Crippen LogP contribution in [0.1, 0.15) is 25.5 Å². The number of benzene rings is 1. The fourth-order valence-electron chi connectivity index (χ4n) is 2.18. The third-order valence-electron chi connectivity index (χ3n) is 3.05. The van der Waals surface area contributed by atoms with Crippen LogP contribution in [-0.2, 0) is 0 Å². The van der Waals surface area contributed by atoms with Crippen molar-refractivity contribution in [3.05, 3.63) is 23.8 Å². The molecule has 0 saturated carbocycles. The van der Waals surface area contributed by atoms with E-state index in [9.17, 15) is 0 Å². The first-order valence-corrected chi connectivity index (χ1v) is 6.79. The molecule has 2 nitrogen and oxygen atoms in total. The molecular formula is C13H19NOS. The van der Waals surface area contributed by atoms with E-state index in [-0.39, 0.29) is 0 Å². The molecule has 1 N–H and O–H groups in total. The molecule has 3 heteroatoms. The van der Waals surface area contributed by atoms with E-state index >= 15 is 0 Å². The van der Waals surface area contributed by atoms with Crippen LogP contribution in [-0.4, -0.2) is 19.4 Å². The van der Waals surface area contributed by atoms with Crippen molar-refractivity contribution in [3.63, 3.8) is 0 Å². The molecule has 1 aromatic rings. The van der Waals surface area contributed by atoms with Crippen LogP contribution >= 0.6 is 11.8 Å². The van der Waals surface area contributed by atoms with Gasteiger partial charge in [-0.25, -0.2) is 0 Å². The normalized spacial score (nSPS) is 23.9. The van der Waals surface area contributed by atoms with Gasteiger partial charge in [-0.05, 0) is 30.2 Å². The average molecular weight is 237 g/mol. The highest BCUT2D eigenvalue weighted by Crippen LogP contribution is 2.40. The largest absolute Gasteiger partial charge is 0.497 e. The Kier molecular flexibility index (Phi) is 3.77. The Labute approximate surface area is 102 Å². The van der Waals surface area contributed by atoms with Gasteiger partial charge in [0.05, 0.1) is 7.11 Å². The van der Waals surface area contributed by atoms with Crippen LogP contribution < -0.4 is 10.1 Å². The molecule has 0 aromatic heterocycles. The fraction of sp³-hybridized carbons (Fsp3) is 0.538. The van der Waals surface area contributed by atoms with E-state index in [1.807, 2.05) is 11.8 Å². The third kappa shape index (κ3) is 2.20. The maximum absolute atomic E-state index is 5.27. The predicted octanol–water partition coefficient (Wildman–Crippen LogP) is 3.09. The Morgan fingerprint density at radius 1 is 1.50 bits per heavy atom. The van der Waals surface area contributed by atoms with Crippen LogP contribution in [0.3, 0.4) is 0 Å². The van der Waals surface area contributed by atoms with Crippen LogP contribution in [0.15, 0.2) is 23.1 Å². The van der Waals surface area contributed by atoms with Gasteiger partial charge in [0.15, 0.2) is 0 Å². The van der Waals surface area contributed by atoms with Crippen LogP contribution in [0.5, 0.6) is 5.75 Å². The van der Waals surface area contributed by atoms with Gasteiger partial charge in [-0.1, -0.05) is 19.9 Å². The van der Waals surface area contributed by atoms with E-state index in [1.54, 1.807) is 7.11 Å². The second-order valence-electron chi connectivity index (χ2n) is 4.23. The molecule has 2 rings (SSSR count). The highest BCUT2D eigenvalue weighted by atomic mass is 32.2. The molecule has 1 aliphatic heterocycles. The molecule has 0 spiro atoms. The van der Waals surface area contributed by atoms with Gasteiger partial charge < -0.3 is 10.1 Å². The second kappa shape index (κ2) is 5.11. The van der Waals surface area contributed by atoms with Gasteiger partial charge in [-0.2, -0.15) is 0 Å². The van der Waals surface area contributed by atoms with E-state index in [4.69, 9.17) is 4.74 Å². The quantitative estimate of drug-likeness (QED) is 0.873. The van der Waals surface area contributed by atoms with Gasteiger partial charge in [-0.15, -0.1) is 11.8 Å². The molecule has 1 heterocycles. The second-order valence-corrected chi connectivity index (χ2v) is 5.29. The number of methoxy groups -OCH3 is 1. The third-order valence-corrected chi connectivity index (χ3v) is 4.41. The van der Waals surface area contributed by atoms with Crippen molar-refractivity contribution in [1.82, 2.24) is 5.32 Å². The van der Waals surface area contributed by atoms with Gasteiger partial charge in [0, 0.05) is 16.7 Å². The summed E-state index contributed by atoms with van der Waals surface area (Å²) >= 11 is 1.94. The molecule has 2 atom stereocenters. The number of rotatable bonds is 3. The zero-order valence-electron chi connectivity index (χ0n) is 10.1. The van der Waals surface area contributed by atoms with Crippen LogP contribution in [0.2, 0.25) is 0 Å². The van der Waals surface area contributed by atoms with Crippen LogP contribution in [0, 0.1) is 5.92 Å². The lowest BCUT2D eigenvalue weighted by Gasteiger charge is -2.31. The molecule has 0 saturated heterocycles. The lowest BCUT2D eigenvalue weighted by Crippen LogP contribution is -2.30. The predicted molar refractivity (Wildman–Crippen MR) is 69.3 cm³/mol. The highest BCUT2D eigenvalue weighted by molar-refractivity contribution is 7.99. The first-order valence-electron chi connectivity index (χ1n) is 5.80. The lowest BCUT2D eigenvalue weighted by molar-refractivity contribution is 0.403. The summed E-state index contributed by atoms with van der Waals surface area (Å²) in [6.07, 6.45) is 0. The average Bonchev–Trinajstić information content (AvgIpc) is 2.32. The molecule has 0 fully saturated rings. The molecule has 0 aliphatic carbocycles. The monoisotopic (exact) mass is 237 g/mol. The molecule has 0 radical (unpaired) electrons. The Morgan fingerprint density at radius 2 is 2.31 bits per heavy atom. The minimum absolute atomic E-state index is 0.493. The Balaban J connectivity index is 2.32. The van der Waals surface area contributed by atoms with Crippen molar-refractivity contribution in [2.75, 3.05) is 19.4 Å². The number of fused-ring (bicyclic) bond motifs is 1. The van der Waals surface area contributed by atoms with Gasteiger partial charge in [0.1, 0.15) is 5.75 Å². The van der Waals surface area contributed by atoms with Crippen molar-refractivity contribution in [2.45, 2.75) is 24.8 Å². The summed E-state index contributed by atoms with van der Waals surface area (Å²) in [6, 6.07) is 6.90. The van der Waals surface area contributed by atoms with Gasteiger partial charge >= 0.3 is 0 Å². The summed E-state index contributed by atoms with van der Waals surface area (Å²) in [6.45, 7) is 5.50. The minimum Gasteiger partial charge on any atom is -0.497 e. The Hall–Kier alpha value is -0.670. The lowest BCUT2D eigenvalue weighted by atomic mass is 9.95. The van der Waals surface area contributed by atoms with Crippen molar-refractivity contribution in [3.8, 4) is 5.75 Å². The highest BCUT2D eigenvalue weighted by Gasteiger charge is 2.26. The number of nitrogens with one attached hydrogen (secondary N) is 1. The maximum Gasteiger partial charge on any atom is 0.119 e. The molecule has 1 aromatic carbocycles. The summed E-state index contributed by atoms with van der Waals surface area (Å²) in [5, 5.41) is 3.57.